The topological polar surface area (TPSA) is 102 Å². The lowest BCUT2D eigenvalue weighted by Crippen LogP contribution is -2.72. The Morgan fingerprint density at radius 2 is 1.89 bits per heavy atom. The fourth-order valence-corrected chi connectivity index (χ4v) is 5.47. The van der Waals surface area contributed by atoms with Gasteiger partial charge in [-0.3, -0.25) is 19.5 Å². The van der Waals surface area contributed by atoms with Gasteiger partial charge in [-0.05, 0) is 58.9 Å². The zero-order valence-electron chi connectivity index (χ0n) is 21.1. The first-order valence-electron chi connectivity index (χ1n) is 12.5. The van der Waals surface area contributed by atoms with E-state index in [0.717, 1.165) is 70.8 Å². The summed E-state index contributed by atoms with van der Waals surface area (Å²) in [4.78, 5) is 42.0. The van der Waals surface area contributed by atoms with Crippen LogP contribution in [0.3, 0.4) is 0 Å². The van der Waals surface area contributed by atoms with Crippen LogP contribution in [0.25, 0.3) is 0 Å². The fraction of sp³-hybridized carbons (Fsp3) is 0.583. The lowest BCUT2D eigenvalue weighted by atomic mass is 9.83. The molecule has 0 unspecified atom stereocenters. The van der Waals surface area contributed by atoms with Crippen LogP contribution >= 0.6 is 11.6 Å². The van der Waals surface area contributed by atoms with Crippen molar-refractivity contribution in [1.82, 2.24) is 29.8 Å². The molecule has 1 saturated carbocycles. The van der Waals surface area contributed by atoms with Gasteiger partial charge in [0.2, 0.25) is 0 Å². The number of nitrogens with zero attached hydrogens (tertiary/aromatic N) is 7. The van der Waals surface area contributed by atoms with Crippen molar-refractivity contribution in [2.24, 2.45) is 0 Å². The Bertz CT molecular complexity index is 1190. The van der Waals surface area contributed by atoms with E-state index in [9.17, 15) is 9.59 Å². The number of fused-ring (bicyclic) bond motifs is 1. The summed E-state index contributed by atoms with van der Waals surface area (Å²) < 4.78 is 1.39. The number of nitrogens with one attached hydrogen (secondary N) is 2. The molecule has 194 valence electrons. The van der Waals surface area contributed by atoms with Crippen LogP contribution < -0.4 is 26.1 Å². The standard InChI is InChI=1S/C24H34ClN9O2/c1-30(2)8-5-9-32-10-12-33(13-11-32)20-15-19(26-16-27-20)28-18-14-17(25)21-22(35)29-24(6-4-7-24)31(3)34(21)23(18)36/h14-16H,4-13H2,1-3H3,(H,29,35)(H,26,27,28). The van der Waals surface area contributed by atoms with Crippen molar-refractivity contribution >= 4 is 34.8 Å². The molecule has 0 radical (unpaired) electrons. The van der Waals surface area contributed by atoms with Crippen molar-refractivity contribution in [1.29, 1.82) is 0 Å². The molecule has 2 aliphatic heterocycles. The molecule has 12 heteroatoms. The van der Waals surface area contributed by atoms with E-state index in [1.807, 2.05) is 13.1 Å². The molecule has 2 aromatic rings. The van der Waals surface area contributed by atoms with Gasteiger partial charge in [-0.2, -0.15) is 0 Å². The summed E-state index contributed by atoms with van der Waals surface area (Å²) in [5.74, 6) is 0.990. The fourth-order valence-electron chi connectivity index (χ4n) is 5.19. The molecular weight excluding hydrogens is 482 g/mol. The second kappa shape index (κ2) is 9.87. The predicted molar refractivity (Wildman–Crippen MR) is 141 cm³/mol. The Morgan fingerprint density at radius 1 is 1.14 bits per heavy atom. The number of aromatic nitrogens is 3. The van der Waals surface area contributed by atoms with Gasteiger partial charge in [0.25, 0.3) is 11.5 Å². The van der Waals surface area contributed by atoms with Crippen molar-refractivity contribution < 1.29 is 4.79 Å². The lowest BCUT2D eigenvalue weighted by Gasteiger charge is -2.53. The number of carbonyl (C=O) groups excluding carboxylic acids is 1. The van der Waals surface area contributed by atoms with E-state index >= 15 is 0 Å². The monoisotopic (exact) mass is 515 g/mol. The molecule has 1 saturated heterocycles. The number of pyridine rings is 1. The molecule has 11 nitrogen and oxygen atoms in total. The molecule has 2 aromatic heterocycles. The van der Waals surface area contributed by atoms with Crippen molar-refractivity contribution in [2.75, 3.05) is 75.6 Å². The van der Waals surface area contributed by atoms with Crippen molar-refractivity contribution in [2.45, 2.75) is 31.3 Å². The van der Waals surface area contributed by atoms with Gasteiger partial charge >= 0.3 is 0 Å². The number of piperazine rings is 1. The van der Waals surface area contributed by atoms with E-state index in [2.05, 4.69) is 49.4 Å². The Morgan fingerprint density at radius 3 is 2.56 bits per heavy atom. The molecule has 3 aliphatic rings. The van der Waals surface area contributed by atoms with Crippen LogP contribution in [-0.4, -0.2) is 96.4 Å². The van der Waals surface area contributed by atoms with E-state index in [4.69, 9.17) is 11.6 Å². The average molecular weight is 516 g/mol. The summed E-state index contributed by atoms with van der Waals surface area (Å²) in [7, 11) is 6.02. The van der Waals surface area contributed by atoms with Gasteiger partial charge in [0.15, 0.2) is 0 Å². The highest BCUT2D eigenvalue weighted by molar-refractivity contribution is 6.34. The Balaban J connectivity index is 1.31. The van der Waals surface area contributed by atoms with Gasteiger partial charge in [-0.1, -0.05) is 11.6 Å². The molecule has 0 bridgehead atoms. The normalized spacial score (nSPS) is 19.3. The minimum Gasteiger partial charge on any atom is -0.354 e. The molecule has 0 aromatic carbocycles. The Hall–Kier alpha value is -2.89. The summed E-state index contributed by atoms with van der Waals surface area (Å²) in [6, 6.07) is 3.35. The Labute approximate surface area is 216 Å². The van der Waals surface area contributed by atoms with Crippen LogP contribution in [0.1, 0.15) is 36.2 Å². The molecule has 5 rings (SSSR count). The third-order valence-electron chi connectivity index (χ3n) is 7.48. The second-order valence-electron chi connectivity index (χ2n) is 10.1. The zero-order chi connectivity index (χ0) is 25.4. The van der Waals surface area contributed by atoms with Crippen molar-refractivity contribution in [3.8, 4) is 0 Å². The number of hydrogen-bond donors (Lipinski definition) is 2. The quantitative estimate of drug-likeness (QED) is 0.565. The van der Waals surface area contributed by atoms with Crippen LogP contribution in [0.2, 0.25) is 5.02 Å². The summed E-state index contributed by atoms with van der Waals surface area (Å²) in [6.45, 7) is 5.92. The third kappa shape index (κ3) is 4.62. The number of halogens is 1. The minimum atomic E-state index is -0.535. The van der Waals surface area contributed by atoms with E-state index in [-0.39, 0.29) is 27.9 Å². The number of carbonyl (C=O) groups is 1. The molecule has 36 heavy (non-hydrogen) atoms. The predicted octanol–water partition coefficient (Wildman–Crippen LogP) is 1.30. The molecule has 0 atom stereocenters. The molecular formula is C24H34ClN9O2. The molecule has 1 aliphatic carbocycles. The second-order valence-corrected chi connectivity index (χ2v) is 10.5. The first-order valence-corrected chi connectivity index (χ1v) is 12.9. The minimum absolute atomic E-state index is 0.152. The summed E-state index contributed by atoms with van der Waals surface area (Å²) >= 11 is 6.48. The zero-order valence-corrected chi connectivity index (χ0v) is 21.9. The highest BCUT2D eigenvalue weighted by atomic mass is 35.5. The first-order chi connectivity index (χ1) is 17.3. The van der Waals surface area contributed by atoms with Gasteiger partial charge in [-0.25, -0.2) is 14.6 Å². The molecule has 1 amide bonds. The number of hydrogen-bond acceptors (Lipinski definition) is 9. The SMILES string of the molecule is CN(C)CCCN1CCN(c2cc(Nc3cc(Cl)c4n(c3=O)N(C)C3(CCC3)NC4=O)ncn2)CC1. The maximum Gasteiger partial charge on any atom is 0.293 e. The smallest absolute Gasteiger partial charge is 0.293 e. The van der Waals surface area contributed by atoms with E-state index in [1.165, 1.54) is 17.1 Å². The van der Waals surface area contributed by atoms with Gasteiger partial charge in [0.1, 0.15) is 35.0 Å². The number of anilines is 3. The lowest BCUT2D eigenvalue weighted by molar-refractivity contribution is 0.0700. The molecule has 1 spiro atoms. The molecule has 4 heterocycles. The summed E-state index contributed by atoms with van der Waals surface area (Å²) in [6.07, 6.45) is 5.23. The molecule has 2 fully saturated rings. The summed E-state index contributed by atoms with van der Waals surface area (Å²) in [5.41, 5.74) is -0.467. The van der Waals surface area contributed by atoms with Gasteiger partial charge < -0.3 is 20.4 Å². The molecule has 2 N–H and O–H groups in total. The maximum absolute atomic E-state index is 13.5. The maximum atomic E-state index is 13.5. The van der Waals surface area contributed by atoms with E-state index in [1.54, 1.807) is 5.01 Å². The van der Waals surface area contributed by atoms with Gasteiger partial charge in [-0.15, -0.1) is 0 Å². The van der Waals surface area contributed by atoms with Crippen LogP contribution in [0.5, 0.6) is 0 Å². The van der Waals surface area contributed by atoms with E-state index in [0.29, 0.717) is 5.82 Å². The van der Waals surface area contributed by atoms with Crippen LogP contribution in [0.4, 0.5) is 17.3 Å². The van der Waals surface area contributed by atoms with E-state index < -0.39 is 5.66 Å². The average Bonchev–Trinajstić information content (AvgIpc) is 2.83. The summed E-state index contributed by atoms with van der Waals surface area (Å²) in [5, 5.41) is 8.15. The number of rotatable bonds is 7. The Kier molecular flexibility index (Phi) is 6.80. The highest BCUT2D eigenvalue weighted by Gasteiger charge is 2.48. The van der Waals surface area contributed by atoms with Crippen LogP contribution in [0, 0.1) is 0 Å². The third-order valence-corrected chi connectivity index (χ3v) is 7.77. The highest BCUT2D eigenvalue weighted by Crippen LogP contribution is 2.37. The number of amides is 1. The van der Waals surface area contributed by atoms with Gasteiger partial charge in [0.05, 0.1) is 5.02 Å². The van der Waals surface area contributed by atoms with Crippen molar-refractivity contribution in [3.63, 3.8) is 0 Å². The largest absolute Gasteiger partial charge is 0.354 e. The first kappa shape index (κ1) is 24.8. The van der Waals surface area contributed by atoms with Gasteiger partial charge in [0, 0.05) is 39.3 Å². The van der Waals surface area contributed by atoms with Crippen molar-refractivity contribution in [3.05, 3.63) is 39.5 Å². The van der Waals surface area contributed by atoms with Crippen LogP contribution in [0.15, 0.2) is 23.3 Å². The van der Waals surface area contributed by atoms with Crippen LogP contribution in [-0.2, 0) is 0 Å².